The van der Waals surface area contributed by atoms with Crippen molar-refractivity contribution >= 4 is 22.5 Å². The third-order valence-electron chi connectivity index (χ3n) is 3.71. The first-order valence-corrected chi connectivity index (χ1v) is 7.39. The molecule has 0 radical (unpaired) electrons. The number of fused-ring (bicyclic) bond motifs is 1. The summed E-state index contributed by atoms with van der Waals surface area (Å²) in [6.45, 7) is 0.273. The number of hydrogen-bond donors (Lipinski definition) is 0. The summed E-state index contributed by atoms with van der Waals surface area (Å²) >= 11 is 0. The van der Waals surface area contributed by atoms with Crippen LogP contribution >= 0.6 is 0 Å². The summed E-state index contributed by atoms with van der Waals surface area (Å²) in [5, 5.41) is 11.8. The Balaban J connectivity index is 1.80. The van der Waals surface area contributed by atoms with Gasteiger partial charge in [0.05, 0.1) is 10.4 Å². The average molecular weight is 321 g/mol. The van der Waals surface area contributed by atoms with Crippen molar-refractivity contribution in [1.82, 2.24) is 9.88 Å². The molecule has 0 spiro atoms. The lowest BCUT2D eigenvalue weighted by atomic mass is 10.1. The zero-order valence-electron chi connectivity index (χ0n) is 13.0. The molecule has 0 saturated carbocycles. The van der Waals surface area contributed by atoms with Crippen LogP contribution in [-0.2, 0) is 6.54 Å². The van der Waals surface area contributed by atoms with Crippen molar-refractivity contribution in [2.24, 2.45) is 0 Å². The monoisotopic (exact) mass is 321 g/mol. The van der Waals surface area contributed by atoms with Crippen LogP contribution in [0.1, 0.15) is 16.1 Å². The van der Waals surface area contributed by atoms with Gasteiger partial charge in [-0.25, -0.2) is 4.98 Å². The minimum absolute atomic E-state index is 0.0113. The van der Waals surface area contributed by atoms with Crippen LogP contribution in [0.25, 0.3) is 10.9 Å². The molecule has 0 saturated heterocycles. The van der Waals surface area contributed by atoms with Gasteiger partial charge in [-0.2, -0.15) is 0 Å². The average Bonchev–Trinajstić information content (AvgIpc) is 2.60. The van der Waals surface area contributed by atoms with E-state index < -0.39 is 4.92 Å². The number of carbonyl (C=O) groups excluding carboxylic acids is 1. The van der Waals surface area contributed by atoms with Gasteiger partial charge in [-0.15, -0.1) is 0 Å². The molecule has 0 fully saturated rings. The van der Waals surface area contributed by atoms with Gasteiger partial charge in [0.1, 0.15) is 5.69 Å². The molecule has 1 aromatic heterocycles. The van der Waals surface area contributed by atoms with Crippen LogP contribution in [0.5, 0.6) is 0 Å². The van der Waals surface area contributed by atoms with E-state index in [0.29, 0.717) is 11.3 Å². The Morgan fingerprint density at radius 1 is 1.12 bits per heavy atom. The first-order chi connectivity index (χ1) is 11.5. The number of aromatic nitrogens is 1. The fourth-order valence-electron chi connectivity index (χ4n) is 2.49. The van der Waals surface area contributed by atoms with Crippen LogP contribution in [0, 0.1) is 10.1 Å². The lowest BCUT2D eigenvalue weighted by molar-refractivity contribution is -0.384. The number of carbonyl (C=O) groups is 1. The van der Waals surface area contributed by atoms with Gasteiger partial charge < -0.3 is 4.90 Å². The topological polar surface area (TPSA) is 76.3 Å². The second kappa shape index (κ2) is 6.45. The van der Waals surface area contributed by atoms with Crippen molar-refractivity contribution in [3.63, 3.8) is 0 Å². The summed E-state index contributed by atoms with van der Waals surface area (Å²) in [6.07, 6.45) is 0. The smallest absolute Gasteiger partial charge is 0.272 e. The van der Waals surface area contributed by atoms with Gasteiger partial charge in [-0.1, -0.05) is 36.4 Å². The molecule has 6 nitrogen and oxygen atoms in total. The molecule has 3 rings (SSSR count). The molecule has 0 atom stereocenters. The fraction of sp³-hybridized carbons (Fsp3) is 0.111. The van der Waals surface area contributed by atoms with E-state index in [9.17, 15) is 14.9 Å². The van der Waals surface area contributed by atoms with Crippen molar-refractivity contribution < 1.29 is 9.72 Å². The lowest BCUT2D eigenvalue weighted by Gasteiger charge is -2.17. The predicted octanol–water partition coefficient (Wildman–Crippen LogP) is 3.42. The highest BCUT2D eigenvalue weighted by molar-refractivity contribution is 5.94. The van der Waals surface area contributed by atoms with Gasteiger partial charge in [-0.3, -0.25) is 14.9 Å². The van der Waals surface area contributed by atoms with Crippen molar-refractivity contribution in [2.45, 2.75) is 6.54 Å². The van der Waals surface area contributed by atoms with Crippen LogP contribution in [0.15, 0.2) is 60.7 Å². The van der Waals surface area contributed by atoms with E-state index in [2.05, 4.69) is 4.98 Å². The van der Waals surface area contributed by atoms with Crippen molar-refractivity contribution in [2.75, 3.05) is 7.05 Å². The molecule has 0 aliphatic rings. The van der Waals surface area contributed by atoms with E-state index in [1.807, 2.05) is 30.3 Å². The van der Waals surface area contributed by atoms with E-state index in [1.54, 1.807) is 25.2 Å². The van der Waals surface area contributed by atoms with Gasteiger partial charge in [0.15, 0.2) is 0 Å². The molecule has 3 aromatic rings. The molecule has 0 N–H and O–H groups in total. The van der Waals surface area contributed by atoms with Gasteiger partial charge >= 0.3 is 0 Å². The number of nitro benzene ring substituents is 1. The Morgan fingerprint density at radius 3 is 2.71 bits per heavy atom. The maximum absolute atomic E-state index is 12.5. The Bertz CT molecular complexity index is 924. The number of amides is 1. The lowest BCUT2D eigenvalue weighted by Crippen LogP contribution is -2.27. The molecule has 0 aliphatic heterocycles. The van der Waals surface area contributed by atoms with Gasteiger partial charge in [0.2, 0.25) is 0 Å². The minimum atomic E-state index is -0.448. The van der Waals surface area contributed by atoms with Crippen molar-refractivity contribution in [1.29, 1.82) is 0 Å². The van der Waals surface area contributed by atoms with Crippen molar-refractivity contribution in [3.05, 3.63) is 82.0 Å². The number of non-ortho nitro benzene ring substituents is 1. The van der Waals surface area contributed by atoms with Crippen LogP contribution in [0.2, 0.25) is 0 Å². The van der Waals surface area contributed by atoms with Gasteiger partial charge in [0, 0.05) is 31.1 Å². The quantitative estimate of drug-likeness (QED) is 0.545. The summed E-state index contributed by atoms with van der Waals surface area (Å²) in [6, 6.07) is 17.4. The summed E-state index contributed by atoms with van der Waals surface area (Å²) in [4.78, 5) is 28.8. The standard InChI is InChI=1S/C18H15N3O3/c1-20(12-13-5-4-7-15(11-13)21(23)24)18(22)17-10-9-14-6-2-3-8-16(14)19-17/h2-11H,12H2,1H3. The van der Waals surface area contributed by atoms with Crippen LogP contribution in [-0.4, -0.2) is 27.8 Å². The molecule has 6 heteroatoms. The van der Waals surface area contributed by atoms with E-state index in [1.165, 1.54) is 17.0 Å². The number of rotatable bonds is 4. The maximum atomic E-state index is 12.5. The summed E-state index contributed by atoms with van der Waals surface area (Å²) in [5.41, 5.74) is 1.81. The highest BCUT2D eigenvalue weighted by Crippen LogP contribution is 2.16. The van der Waals surface area contributed by atoms with Crippen LogP contribution in [0.3, 0.4) is 0 Å². The Morgan fingerprint density at radius 2 is 1.92 bits per heavy atom. The zero-order valence-corrected chi connectivity index (χ0v) is 13.0. The number of pyridine rings is 1. The predicted molar refractivity (Wildman–Crippen MR) is 90.6 cm³/mol. The Kier molecular flexibility index (Phi) is 4.20. The minimum Gasteiger partial charge on any atom is -0.336 e. The first-order valence-electron chi connectivity index (χ1n) is 7.39. The van der Waals surface area contributed by atoms with Crippen molar-refractivity contribution in [3.8, 4) is 0 Å². The normalized spacial score (nSPS) is 10.5. The van der Waals surface area contributed by atoms with Crippen LogP contribution < -0.4 is 0 Å². The van der Waals surface area contributed by atoms with Gasteiger partial charge in [0.25, 0.3) is 11.6 Å². The number of nitrogens with zero attached hydrogens (tertiary/aromatic N) is 3. The summed E-state index contributed by atoms with van der Waals surface area (Å²) in [7, 11) is 1.65. The first kappa shape index (κ1) is 15.6. The van der Waals surface area contributed by atoms with E-state index in [4.69, 9.17) is 0 Å². The molecule has 0 aliphatic carbocycles. The SMILES string of the molecule is CN(Cc1cccc([N+](=O)[O-])c1)C(=O)c1ccc2ccccc2n1. The molecule has 1 heterocycles. The number of nitro groups is 1. The number of hydrogen-bond acceptors (Lipinski definition) is 4. The molecule has 1 amide bonds. The highest BCUT2D eigenvalue weighted by atomic mass is 16.6. The maximum Gasteiger partial charge on any atom is 0.272 e. The third-order valence-corrected chi connectivity index (χ3v) is 3.71. The molecule has 24 heavy (non-hydrogen) atoms. The summed E-state index contributed by atoms with van der Waals surface area (Å²) in [5.74, 6) is -0.229. The van der Waals surface area contributed by atoms with E-state index >= 15 is 0 Å². The van der Waals surface area contributed by atoms with E-state index in [-0.39, 0.29) is 18.1 Å². The second-order valence-electron chi connectivity index (χ2n) is 5.48. The Hall–Kier alpha value is -3.28. The molecule has 2 aromatic carbocycles. The third kappa shape index (κ3) is 3.22. The van der Waals surface area contributed by atoms with Gasteiger partial charge in [-0.05, 0) is 17.7 Å². The summed E-state index contributed by atoms with van der Waals surface area (Å²) < 4.78 is 0. The molecule has 120 valence electrons. The number of para-hydroxylation sites is 1. The molecule has 0 bridgehead atoms. The molecular weight excluding hydrogens is 306 g/mol. The number of benzene rings is 2. The zero-order chi connectivity index (χ0) is 17.1. The molecular formula is C18H15N3O3. The Labute approximate surface area is 138 Å². The van der Waals surface area contributed by atoms with Crippen LogP contribution in [0.4, 0.5) is 5.69 Å². The fourth-order valence-corrected chi connectivity index (χ4v) is 2.49. The molecule has 0 unspecified atom stereocenters. The van der Waals surface area contributed by atoms with E-state index in [0.717, 1.165) is 10.9 Å². The largest absolute Gasteiger partial charge is 0.336 e. The second-order valence-corrected chi connectivity index (χ2v) is 5.48. The highest BCUT2D eigenvalue weighted by Gasteiger charge is 2.15.